The topological polar surface area (TPSA) is 44.5 Å². The fourth-order valence-corrected chi connectivity index (χ4v) is 2.90. The first-order chi connectivity index (χ1) is 9.33. The third-order valence-electron chi connectivity index (χ3n) is 3.35. The summed E-state index contributed by atoms with van der Waals surface area (Å²) in [7, 11) is 0. The third-order valence-corrected chi connectivity index (χ3v) is 4.09. The standard InChI is InChI=1S/C15H17NO2S/c16-12(6-5-11-7-8-19-10-11)15-9-17-13-3-1-2-4-14(13)18-15/h1-4,7-8,10,12,15H,5-6,9,16H2. The monoisotopic (exact) mass is 275 g/mol. The van der Waals surface area contributed by atoms with Crippen LogP contribution in [0.2, 0.25) is 0 Å². The van der Waals surface area contributed by atoms with Gasteiger partial charge in [0.1, 0.15) is 12.7 Å². The molecule has 1 aromatic carbocycles. The molecule has 1 aliphatic heterocycles. The predicted molar refractivity (Wildman–Crippen MR) is 77.0 cm³/mol. The van der Waals surface area contributed by atoms with Crippen LogP contribution in [0.4, 0.5) is 0 Å². The first kappa shape index (κ1) is 12.5. The van der Waals surface area contributed by atoms with E-state index in [-0.39, 0.29) is 12.1 Å². The van der Waals surface area contributed by atoms with Crippen LogP contribution < -0.4 is 15.2 Å². The minimum atomic E-state index is -0.0615. The molecule has 4 heteroatoms. The van der Waals surface area contributed by atoms with Crippen LogP contribution >= 0.6 is 11.3 Å². The Hall–Kier alpha value is -1.52. The van der Waals surface area contributed by atoms with E-state index >= 15 is 0 Å². The average Bonchev–Trinajstić information content (AvgIpc) is 2.97. The summed E-state index contributed by atoms with van der Waals surface area (Å²) in [4.78, 5) is 0. The molecular formula is C15H17NO2S. The Kier molecular flexibility index (Phi) is 3.71. The highest BCUT2D eigenvalue weighted by Crippen LogP contribution is 2.31. The minimum Gasteiger partial charge on any atom is -0.486 e. The molecule has 0 saturated carbocycles. The van der Waals surface area contributed by atoms with E-state index in [9.17, 15) is 0 Å². The number of nitrogens with two attached hydrogens (primary N) is 1. The third kappa shape index (κ3) is 2.91. The summed E-state index contributed by atoms with van der Waals surface area (Å²) >= 11 is 1.72. The normalized spacial score (nSPS) is 19.1. The lowest BCUT2D eigenvalue weighted by molar-refractivity contribution is 0.0702. The summed E-state index contributed by atoms with van der Waals surface area (Å²) in [5.41, 5.74) is 7.57. The van der Waals surface area contributed by atoms with Crippen LogP contribution in [0.15, 0.2) is 41.1 Å². The van der Waals surface area contributed by atoms with Crippen LogP contribution in [0, 0.1) is 0 Å². The fourth-order valence-electron chi connectivity index (χ4n) is 2.20. The number of benzene rings is 1. The van der Waals surface area contributed by atoms with Crippen molar-refractivity contribution in [3.63, 3.8) is 0 Å². The van der Waals surface area contributed by atoms with Gasteiger partial charge >= 0.3 is 0 Å². The van der Waals surface area contributed by atoms with Crippen molar-refractivity contribution in [1.82, 2.24) is 0 Å². The number of rotatable bonds is 4. The zero-order chi connectivity index (χ0) is 13.1. The maximum absolute atomic E-state index is 6.22. The van der Waals surface area contributed by atoms with E-state index in [0.717, 1.165) is 24.3 Å². The van der Waals surface area contributed by atoms with Crippen molar-refractivity contribution >= 4 is 11.3 Å². The van der Waals surface area contributed by atoms with E-state index in [1.807, 2.05) is 24.3 Å². The number of aryl methyl sites for hydroxylation is 1. The van der Waals surface area contributed by atoms with Crippen molar-refractivity contribution in [3.05, 3.63) is 46.7 Å². The summed E-state index contributed by atoms with van der Waals surface area (Å²) in [5.74, 6) is 1.61. The number of hydrogen-bond acceptors (Lipinski definition) is 4. The average molecular weight is 275 g/mol. The molecular weight excluding hydrogens is 258 g/mol. The van der Waals surface area contributed by atoms with Gasteiger partial charge in [-0.05, 0) is 47.4 Å². The molecule has 0 saturated heterocycles. The molecule has 2 heterocycles. The van der Waals surface area contributed by atoms with Crippen LogP contribution in [0.3, 0.4) is 0 Å². The summed E-state index contributed by atoms with van der Waals surface area (Å²) in [6.07, 6.45) is 1.84. The van der Waals surface area contributed by atoms with Gasteiger partial charge in [0.15, 0.2) is 11.5 Å². The van der Waals surface area contributed by atoms with Gasteiger partial charge < -0.3 is 15.2 Å². The highest BCUT2D eigenvalue weighted by molar-refractivity contribution is 7.07. The van der Waals surface area contributed by atoms with Gasteiger partial charge in [-0.25, -0.2) is 0 Å². The molecule has 0 spiro atoms. The van der Waals surface area contributed by atoms with Crippen molar-refractivity contribution in [1.29, 1.82) is 0 Å². The smallest absolute Gasteiger partial charge is 0.161 e. The Morgan fingerprint density at radius 1 is 1.26 bits per heavy atom. The molecule has 1 aromatic heterocycles. The maximum Gasteiger partial charge on any atom is 0.161 e. The van der Waals surface area contributed by atoms with Crippen molar-refractivity contribution in [3.8, 4) is 11.5 Å². The summed E-state index contributed by atoms with van der Waals surface area (Å²) in [6.45, 7) is 0.530. The Labute approximate surface area is 117 Å². The lowest BCUT2D eigenvalue weighted by Crippen LogP contribution is -2.45. The van der Waals surface area contributed by atoms with Crippen LogP contribution in [0.25, 0.3) is 0 Å². The zero-order valence-corrected chi connectivity index (χ0v) is 11.4. The van der Waals surface area contributed by atoms with Crippen molar-refractivity contribution in [2.45, 2.75) is 25.0 Å². The number of fused-ring (bicyclic) bond motifs is 1. The van der Waals surface area contributed by atoms with Gasteiger partial charge in [-0.15, -0.1) is 0 Å². The first-order valence-corrected chi connectivity index (χ1v) is 7.42. The van der Waals surface area contributed by atoms with Gasteiger partial charge in [0.25, 0.3) is 0 Å². The second kappa shape index (κ2) is 5.63. The van der Waals surface area contributed by atoms with Crippen LogP contribution in [0.1, 0.15) is 12.0 Å². The molecule has 0 bridgehead atoms. The van der Waals surface area contributed by atoms with E-state index in [0.29, 0.717) is 6.61 Å². The highest BCUT2D eigenvalue weighted by Gasteiger charge is 2.26. The first-order valence-electron chi connectivity index (χ1n) is 6.48. The molecule has 2 aromatic rings. The van der Waals surface area contributed by atoms with Crippen molar-refractivity contribution in [2.75, 3.05) is 6.61 Å². The lowest BCUT2D eigenvalue weighted by atomic mass is 10.0. The van der Waals surface area contributed by atoms with E-state index in [4.69, 9.17) is 15.2 Å². The Morgan fingerprint density at radius 2 is 2.11 bits per heavy atom. The van der Waals surface area contributed by atoms with Gasteiger partial charge in [-0.1, -0.05) is 12.1 Å². The summed E-state index contributed by atoms with van der Waals surface area (Å²) in [5, 5.41) is 4.26. The van der Waals surface area contributed by atoms with Crippen molar-refractivity contribution < 1.29 is 9.47 Å². The summed E-state index contributed by atoms with van der Waals surface area (Å²) < 4.78 is 11.6. The zero-order valence-electron chi connectivity index (χ0n) is 10.6. The van der Waals surface area contributed by atoms with Gasteiger partial charge in [0, 0.05) is 6.04 Å². The second-order valence-electron chi connectivity index (χ2n) is 4.75. The lowest BCUT2D eigenvalue weighted by Gasteiger charge is -2.30. The Bertz CT molecular complexity index is 527. The number of thiophene rings is 1. The van der Waals surface area contributed by atoms with Crippen LogP contribution in [-0.4, -0.2) is 18.8 Å². The number of para-hydroxylation sites is 2. The van der Waals surface area contributed by atoms with Gasteiger partial charge in [-0.2, -0.15) is 11.3 Å². The molecule has 0 fully saturated rings. The Balaban J connectivity index is 1.58. The SMILES string of the molecule is NC(CCc1ccsc1)C1COc2ccccc2O1. The van der Waals surface area contributed by atoms with E-state index < -0.39 is 0 Å². The molecule has 2 atom stereocenters. The molecule has 3 nitrogen and oxygen atoms in total. The van der Waals surface area contributed by atoms with Crippen LogP contribution in [-0.2, 0) is 6.42 Å². The van der Waals surface area contributed by atoms with E-state index in [2.05, 4.69) is 16.8 Å². The molecule has 0 amide bonds. The van der Waals surface area contributed by atoms with Gasteiger partial charge in [0.2, 0.25) is 0 Å². The molecule has 3 rings (SSSR count). The van der Waals surface area contributed by atoms with Crippen LogP contribution in [0.5, 0.6) is 11.5 Å². The molecule has 1 aliphatic rings. The van der Waals surface area contributed by atoms with Crippen molar-refractivity contribution in [2.24, 2.45) is 5.73 Å². The summed E-state index contributed by atoms with van der Waals surface area (Å²) in [6, 6.07) is 9.87. The predicted octanol–water partition coefficient (Wildman–Crippen LogP) is 2.85. The second-order valence-corrected chi connectivity index (χ2v) is 5.53. The molecule has 100 valence electrons. The molecule has 2 N–H and O–H groups in total. The molecule has 0 radical (unpaired) electrons. The van der Waals surface area contributed by atoms with E-state index in [1.54, 1.807) is 11.3 Å². The highest BCUT2D eigenvalue weighted by atomic mass is 32.1. The Morgan fingerprint density at radius 3 is 2.89 bits per heavy atom. The molecule has 19 heavy (non-hydrogen) atoms. The van der Waals surface area contributed by atoms with Gasteiger partial charge in [0.05, 0.1) is 0 Å². The maximum atomic E-state index is 6.22. The van der Waals surface area contributed by atoms with E-state index in [1.165, 1.54) is 5.56 Å². The molecule has 2 unspecified atom stereocenters. The molecule has 0 aliphatic carbocycles. The number of ether oxygens (including phenoxy) is 2. The number of hydrogen-bond donors (Lipinski definition) is 1. The van der Waals surface area contributed by atoms with Gasteiger partial charge in [-0.3, -0.25) is 0 Å². The quantitative estimate of drug-likeness (QED) is 0.933. The largest absolute Gasteiger partial charge is 0.486 e. The minimum absolute atomic E-state index is 0.00624. The fraction of sp³-hybridized carbons (Fsp3) is 0.333.